The van der Waals surface area contributed by atoms with Gasteiger partial charge in [0.15, 0.2) is 0 Å². The second-order valence-electron chi connectivity index (χ2n) is 3.77. The van der Waals surface area contributed by atoms with Crippen molar-refractivity contribution in [3.63, 3.8) is 0 Å². The Morgan fingerprint density at radius 1 is 1.75 bits per heavy atom. The first kappa shape index (κ1) is 10.9. The summed E-state index contributed by atoms with van der Waals surface area (Å²) in [5.74, 6) is 0.104. The molecule has 1 saturated heterocycles. The predicted molar refractivity (Wildman–Crippen MR) is 61.2 cm³/mol. The number of aryl methyl sites for hydroxylation is 1. The highest BCUT2D eigenvalue weighted by atomic mass is 32.1. The fraction of sp³-hybridized carbons (Fsp3) is 0.500. The van der Waals surface area contributed by atoms with Crippen LogP contribution < -0.4 is 10.6 Å². The van der Waals surface area contributed by atoms with Gasteiger partial charge in [0.05, 0.1) is 5.69 Å². The van der Waals surface area contributed by atoms with Gasteiger partial charge in [-0.25, -0.2) is 0 Å². The number of rotatable bonds is 3. The number of amides is 1. The summed E-state index contributed by atoms with van der Waals surface area (Å²) in [5, 5.41) is 15.8. The highest BCUT2D eigenvalue weighted by Crippen LogP contribution is 2.23. The van der Waals surface area contributed by atoms with E-state index < -0.39 is 0 Å². The van der Waals surface area contributed by atoms with Crippen LogP contribution in [0.4, 0.5) is 5.00 Å². The largest absolute Gasteiger partial charge is 0.373 e. The van der Waals surface area contributed by atoms with Crippen LogP contribution in [0.2, 0.25) is 0 Å². The van der Waals surface area contributed by atoms with E-state index in [-0.39, 0.29) is 11.9 Å². The molecule has 84 valence electrons. The lowest BCUT2D eigenvalue weighted by atomic mass is 10.2. The van der Waals surface area contributed by atoms with Gasteiger partial charge in [-0.2, -0.15) is 9.64 Å². The summed E-state index contributed by atoms with van der Waals surface area (Å²) in [4.78, 5) is 11.0. The fourth-order valence-corrected chi connectivity index (χ4v) is 2.42. The van der Waals surface area contributed by atoms with Crippen molar-refractivity contribution in [2.75, 3.05) is 11.9 Å². The van der Waals surface area contributed by atoms with E-state index in [0.717, 1.165) is 17.1 Å². The van der Waals surface area contributed by atoms with Crippen LogP contribution in [0, 0.1) is 18.3 Å². The molecule has 0 bridgehead atoms. The van der Waals surface area contributed by atoms with E-state index in [1.165, 1.54) is 11.5 Å². The normalized spacial score (nSPS) is 19.2. The molecular formula is C10H12N4OS. The van der Waals surface area contributed by atoms with Gasteiger partial charge in [-0.3, -0.25) is 4.79 Å². The van der Waals surface area contributed by atoms with Crippen LogP contribution in [0.15, 0.2) is 0 Å². The topological polar surface area (TPSA) is 77.8 Å². The van der Waals surface area contributed by atoms with Crippen molar-refractivity contribution in [3.8, 4) is 6.07 Å². The highest BCUT2D eigenvalue weighted by molar-refractivity contribution is 7.10. The quantitative estimate of drug-likeness (QED) is 0.821. The number of carbonyl (C=O) groups excluding carboxylic acids is 1. The summed E-state index contributed by atoms with van der Waals surface area (Å²) in [5.41, 5.74) is 1.36. The summed E-state index contributed by atoms with van der Waals surface area (Å²) >= 11 is 1.29. The second kappa shape index (κ2) is 4.49. The smallest absolute Gasteiger partial charge is 0.220 e. The zero-order valence-corrected chi connectivity index (χ0v) is 9.73. The molecule has 2 rings (SSSR count). The second-order valence-corrected chi connectivity index (χ2v) is 4.54. The molecule has 2 N–H and O–H groups in total. The van der Waals surface area contributed by atoms with Crippen LogP contribution in [-0.4, -0.2) is 22.9 Å². The summed E-state index contributed by atoms with van der Waals surface area (Å²) < 4.78 is 4.12. The molecule has 0 radical (unpaired) electrons. The van der Waals surface area contributed by atoms with E-state index in [2.05, 4.69) is 21.1 Å². The number of nitrogens with one attached hydrogen (secondary N) is 2. The van der Waals surface area contributed by atoms with Crippen LogP contribution >= 0.6 is 11.5 Å². The molecule has 6 heteroatoms. The minimum Gasteiger partial charge on any atom is -0.373 e. The van der Waals surface area contributed by atoms with Gasteiger partial charge in [0.1, 0.15) is 16.6 Å². The zero-order valence-electron chi connectivity index (χ0n) is 8.91. The monoisotopic (exact) mass is 236 g/mol. The van der Waals surface area contributed by atoms with Gasteiger partial charge in [-0.1, -0.05) is 0 Å². The number of hydrogen-bond acceptors (Lipinski definition) is 5. The lowest BCUT2D eigenvalue weighted by molar-refractivity contribution is -0.119. The minimum atomic E-state index is 0.104. The van der Waals surface area contributed by atoms with Crippen molar-refractivity contribution in [3.05, 3.63) is 11.3 Å². The molecule has 0 spiro atoms. The molecule has 1 aromatic heterocycles. The maximum Gasteiger partial charge on any atom is 0.220 e. The molecule has 1 fully saturated rings. The van der Waals surface area contributed by atoms with Gasteiger partial charge >= 0.3 is 0 Å². The highest BCUT2D eigenvalue weighted by Gasteiger charge is 2.21. The average molecular weight is 236 g/mol. The van der Waals surface area contributed by atoms with Gasteiger partial charge in [-0.05, 0) is 24.9 Å². The Bertz CT molecular complexity index is 448. The van der Waals surface area contributed by atoms with Crippen molar-refractivity contribution in [1.82, 2.24) is 9.69 Å². The van der Waals surface area contributed by atoms with Crippen LogP contribution in [0.3, 0.4) is 0 Å². The third-order valence-corrected chi connectivity index (χ3v) is 3.46. The van der Waals surface area contributed by atoms with E-state index in [1.54, 1.807) is 0 Å². The zero-order chi connectivity index (χ0) is 11.5. The van der Waals surface area contributed by atoms with Crippen molar-refractivity contribution in [1.29, 1.82) is 5.26 Å². The number of carbonyl (C=O) groups is 1. The Hall–Kier alpha value is -1.61. The van der Waals surface area contributed by atoms with Crippen LogP contribution in [0.25, 0.3) is 0 Å². The van der Waals surface area contributed by atoms with Crippen molar-refractivity contribution in [2.24, 2.45) is 0 Å². The molecule has 1 aliphatic rings. The van der Waals surface area contributed by atoms with E-state index >= 15 is 0 Å². The van der Waals surface area contributed by atoms with Crippen molar-refractivity contribution >= 4 is 22.4 Å². The molecule has 0 aliphatic carbocycles. The summed E-state index contributed by atoms with van der Waals surface area (Å²) in [6.07, 6.45) is 1.45. The first-order valence-electron chi connectivity index (χ1n) is 5.10. The van der Waals surface area contributed by atoms with Gasteiger partial charge in [0, 0.05) is 19.0 Å². The molecule has 2 heterocycles. The number of nitriles is 1. The van der Waals surface area contributed by atoms with Gasteiger partial charge in [0.2, 0.25) is 5.91 Å². The average Bonchev–Trinajstić information content (AvgIpc) is 2.82. The first-order chi connectivity index (χ1) is 7.70. The SMILES string of the molecule is Cc1nsc(NCC2CCC(=O)N2)c1C#N. The first-order valence-corrected chi connectivity index (χ1v) is 5.87. The Morgan fingerprint density at radius 2 is 2.56 bits per heavy atom. The summed E-state index contributed by atoms with van der Waals surface area (Å²) in [6.45, 7) is 2.47. The van der Waals surface area contributed by atoms with Crippen LogP contribution in [-0.2, 0) is 4.79 Å². The molecule has 1 aliphatic heterocycles. The van der Waals surface area contributed by atoms with Crippen LogP contribution in [0.1, 0.15) is 24.1 Å². The third-order valence-electron chi connectivity index (χ3n) is 2.57. The minimum absolute atomic E-state index is 0.104. The van der Waals surface area contributed by atoms with E-state index in [4.69, 9.17) is 5.26 Å². The number of nitrogens with zero attached hydrogens (tertiary/aromatic N) is 2. The predicted octanol–water partition coefficient (Wildman–Crippen LogP) is 1.01. The summed E-state index contributed by atoms with van der Waals surface area (Å²) in [7, 11) is 0. The molecule has 1 amide bonds. The molecule has 5 nitrogen and oxygen atoms in total. The summed E-state index contributed by atoms with van der Waals surface area (Å²) in [6, 6.07) is 2.29. The molecule has 1 unspecified atom stereocenters. The lowest BCUT2D eigenvalue weighted by Gasteiger charge is -2.10. The lowest BCUT2D eigenvalue weighted by Crippen LogP contribution is -2.31. The van der Waals surface area contributed by atoms with E-state index in [0.29, 0.717) is 18.5 Å². The number of aromatic nitrogens is 1. The fourth-order valence-electron chi connectivity index (χ4n) is 1.67. The molecule has 1 aromatic rings. The van der Waals surface area contributed by atoms with Gasteiger partial charge in [0.25, 0.3) is 0 Å². The number of anilines is 1. The Morgan fingerprint density at radius 3 is 3.19 bits per heavy atom. The van der Waals surface area contributed by atoms with Gasteiger partial charge < -0.3 is 10.6 Å². The van der Waals surface area contributed by atoms with E-state index in [1.807, 2.05) is 6.92 Å². The van der Waals surface area contributed by atoms with Gasteiger partial charge in [-0.15, -0.1) is 0 Å². The van der Waals surface area contributed by atoms with Crippen molar-refractivity contribution < 1.29 is 4.79 Å². The standard InChI is InChI=1S/C10H12N4OS/c1-6-8(4-11)10(16-14-6)12-5-7-2-3-9(15)13-7/h7,12H,2-3,5H2,1H3,(H,13,15). The Balaban J connectivity index is 1.95. The van der Waals surface area contributed by atoms with Crippen LogP contribution in [0.5, 0.6) is 0 Å². The maximum absolute atomic E-state index is 11.0. The van der Waals surface area contributed by atoms with Crippen molar-refractivity contribution in [2.45, 2.75) is 25.8 Å². The molecule has 16 heavy (non-hydrogen) atoms. The molecule has 0 saturated carbocycles. The molecule has 0 aromatic carbocycles. The Labute approximate surface area is 97.6 Å². The maximum atomic E-state index is 11.0. The van der Waals surface area contributed by atoms with E-state index in [9.17, 15) is 4.79 Å². The molecule has 1 atom stereocenters. The molecular weight excluding hydrogens is 224 g/mol. The Kier molecular flexibility index (Phi) is 3.06. The third kappa shape index (κ3) is 2.14. The number of hydrogen-bond donors (Lipinski definition) is 2.